The predicted octanol–water partition coefficient (Wildman–Crippen LogP) is -0.352. The van der Waals surface area contributed by atoms with Gasteiger partial charge in [0, 0.05) is 0 Å². The van der Waals surface area contributed by atoms with Crippen LogP contribution in [0.3, 0.4) is 0 Å². The first-order valence-corrected chi connectivity index (χ1v) is 4.94. The highest BCUT2D eigenvalue weighted by molar-refractivity contribution is 7.80. The quantitative estimate of drug-likeness (QED) is 0.431. The van der Waals surface area contributed by atoms with Crippen LogP contribution >= 0.6 is 0 Å². The summed E-state index contributed by atoms with van der Waals surface area (Å²) < 4.78 is 33.8. The molecule has 0 aliphatic heterocycles. The molecule has 0 radical (unpaired) electrons. The van der Waals surface area contributed by atoms with Crippen LogP contribution in [-0.2, 0) is 28.2 Å². The number of rotatable bonds is 4. The highest BCUT2D eigenvalue weighted by atomic mass is 32.3. The van der Waals surface area contributed by atoms with Gasteiger partial charge in [0.15, 0.2) is 0 Å². The van der Waals surface area contributed by atoms with E-state index in [-0.39, 0.29) is 11.6 Å². The molecule has 0 unspecified atom stereocenters. The van der Waals surface area contributed by atoms with Crippen molar-refractivity contribution in [2.45, 2.75) is 6.61 Å². The van der Waals surface area contributed by atoms with Gasteiger partial charge in [0.1, 0.15) is 12.8 Å². The molecule has 0 amide bonds. The van der Waals surface area contributed by atoms with E-state index in [1.807, 2.05) is 0 Å². The van der Waals surface area contributed by atoms with Gasteiger partial charge in [-0.05, 0) is 4.92 Å². The minimum Gasteiger partial charge on any atom is -0.358 e. The molecule has 10 heteroatoms. The Morgan fingerprint density at radius 3 is 2.73 bits per heavy atom. The smallest absolute Gasteiger partial charge is 0.358 e. The van der Waals surface area contributed by atoms with Gasteiger partial charge in [-0.2, -0.15) is 8.42 Å². The van der Waals surface area contributed by atoms with Gasteiger partial charge in [-0.3, -0.25) is 4.55 Å². The lowest BCUT2D eigenvalue weighted by Crippen LogP contribution is -2.08. The lowest BCUT2D eigenvalue weighted by Gasteiger charge is -1.98. The zero-order valence-electron chi connectivity index (χ0n) is 7.52. The molecular weight excluding hydrogens is 230 g/mol. The first kappa shape index (κ1) is 11.6. The topological polar surface area (TPSA) is 125 Å². The minimum atomic E-state index is -4.57. The maximum absolute atomic E-state index is 10.4. The molecule has 0 saturated heterocycles. The van der Waals surface area contributed by atoms with E-state index in [0.717, 1.165) is 10.8 Å². The van der Waals surface area contributed by atoms with Crippen LogP contribution in [0.4, 0.5) is 5.82 Å². The summed E-state index contributed by atoms with van der Waals surface area (Å²) in [6.45, 7) is -0.566. The van der Waals surface area contributed by atoms with Crippen molar-refractivity contribution in [3.63, 3.8) is 0 Å². The Morgan fingerprint density at radius 1 is 1.73 bits per heavy atom. The van der Waals surface area contributed by atoms with E-state index in [0.29, 0.717) is 0 Å². The third kappa shape index (κ3) is 2.97. The average Bonchev–Trinajstić information content (AvgIpc) is 2.42. The van der Waals surface area contributed by atoms with Gasteiger partial charge in [0.25, 0.3) is 0 Å². The summed E-state index contributed by atoms with van der Waals surface area (Å²) in [5.74, 6) is -0.289. The Kier molecular flexibility index (Phi) is 3.02. The van der Waals surface area contributed by atoms with Crippen LogP contribution in [0.25, 0.3) is 0 Å². The van der Waals surface area contributed by atoms with Gasteiger partial charge < -0.3 is 10.1 Å². The van der Waals surface area contributed by atoms with Crippen LogP contribution in [0.2, 0.25) is 0 Å². The van der Waals surface area contributed by atoms with E-state index in [1.165, 1.54) is 7.05 Å². The number of nitro groups is 1. The zero-order chi connectivity index (χ0) is 11.6. The van der Waals surface area contributed by atoms with Crippen molar-refractivity contribution < 1.29 is 22.1 Å². The summed E-state index contributed by atoms with van der Waals surface area (Å²) in [5, 5.41) is 10.4. The SMILES string of the molecule is Cn1c([N+](=O)[O-])cnc1COS(=O)(=O)O. The largest absolute Gasteiger partial charge is 0.397 e. The van der Waals surface area contributed by atoms with E-state index in [2.05, 4.69) is 9.17 Å². The Balaban J connectivity index is 2.84. The van der Waals surface area contributed by atoms with Crippen LogP contribution in [0, 0.1) is 10.1 Å². The van der Waals surface area contributed by atoms with Gasteiger partial charge in [0.05, 0.1) is 7.05 Å². The standard InChI is InChI=1S/C5H7N3O6S/c1-7-4(3-14-15(11,12)13)6-2-5(7)8(9)10/h2H,3H2,1H3,(H,11,12,13). The second-order valence-electron chi connectivity index (χ2n) is 2.54. The van der Waals surface area contributed by atoms with E-state index < -0.39 is 21.9 Å². The molecule has 15 heavy (non-hydrogen) atoms. The van der Waals surface area contributed by atoms with Crippen LogP contribution < -0.4 is 0 Å². The van der Waals surface area contributed by atoms with E-state index in [4.69, 9.17) is 4.55 Å². The first-order valence-electron chi connectivity index (χ1n) is 3.58. The van der Waals surface area contributed by atoms with Crippen molar-refractivity contribution in [1.82, 2.24) is 9.55 Å². The molecule has 0 fully saturated rings. The molecule has 0 bridgehead atoms. The zero-order valence-corrected chi connectivity index (χ0v) is 8.34. The molecule has 0 aromatic carbocycles. The third-order valence-corrected chi connectivity index (χ3v) is 2.00. The molecular formula is C5H7N3O6S. The number of imidazole rings is 1. The number of hydrogen-bond acceptors (Lipinski definition) is 6. The molecule has 1 aromatic heterocycles. The van der Waals surface area contributed by atoms with Gasteiger partial charge in [-0.25, -0.2) is 13.7 Å². The second-order valence-corrected chi connectivity index (χ2v) is 3.63. The molecule has 1 rings (SSSR count). The normalized spacial score (nSPS) is 11.6. The van der Waals surface area contributed by atoms with Crippen molar-refractivity contribution in [1.29, 1.82) is 0 Å². The minimum absolute atomic E-state index is 0.0133. The number of nitrogens with zero attached hydrogens (tertiary/aromatic N) is 3. The summed E-state index contributed by atoms with van der Waals surface area (Å²) in [5.41, 5.74) is 0. The monoisotopic (exact) mass is 237 g/mol. The fourth-order valence-electron chi connectivity index (χ4n) is 0.869. The van der Waals surface area contributed by atoms with Gasteiger partial charge in [-0.1, -0.05) is 0 Å². The van der Waals surface area contributed by atoms with Crippen molar-refractivity contribution >= 4 is 16.2 Å². The molecule has 1 N–H and O–H groups in total. The second kappa shape index (κ2) is 3.92. The summed E-state index contributed by atoms with van der Waals surface area (Å²) in [6, 6.07) is 0. The Hall–Kier alpha value is -1.52. The number of aromatic nitrogens is 2. The van der Waals surface area contributed by atoms with Crippen molar-refractivity contribution in [3.8, 4) is 0 Å². The van der Waals surface area contributed by atoms with Crippen LogP contribution in [0.5, 0.6) is 0 Å². The van der Waals surface area contributed by atoms with E-state index >= 15 is 0 Å². The van der Waals surface area contributed by atoms with Crippen LogP contribution in [0.1, 0.15) is 5.82 Å². The van der Waals surface area contributed by atoms with E-state index in [9.17, 15) is 18.5 Å². The van der Waals surface area contributed by atoms with Crippen LogP contribution in [-0.4, -0.2) is 27.4 Å². The fraction of sp³-hybridized carbons (Fsp3) is 0.400. The molecule has 1 aromatic rings. The Labute approximate surface area is 84.4 Å². The first-order chi connectivity index (χ1) is 6.81. The Bertz CT molecular complexity index is 477. The summed E-state index contributed by atoms with van der Waals surface area (Å²) >= 11 is 0. The Morgan fingerprint density at radius 2 is 2.33 bits per heavy atom. The average molecular weight is 237 g/mol. The lowest BCUT2D eigenvalue weighted by atomic mass is 10.6. The molecule has 84 valence electrons. The maximum Gasteiger partial charge on any atom is 0.397 e. The highest BCUT2D eigenvalue weighted by Gasteiger charge is 2.18. The number of hydrogen-bond donors (Lipinski definition) is 1. The van der Waals surface area contributed by atoms with Gasteiger partial charge in [-0.15, -0.1) is 0 Å². The maximum atomic E-state index is 10.4. The fourth-order valence-corrected chi connectivity index (χ4v) is 1.12. The summed E-state index contributed by atoms with van der Waals surface area (Å²) in [7, 11) is -3.25. The predicted molar refractivity (Wildman–Crippen MR) is 46.2 cm³/mol. The van der Waals surface area contributed by atoms with Crippen LogP contribution in [0.15, 0.2) is 6.20 Å². The molecule has 0 atom stereocenters. The third-order valence-electron chi connectivity index (χ3n) is 1.58. The van der Waals surface area contributed by atoms with Crippen molar-refractivity contribution in [2.24, 2.45) is 7.05 Å². The van der Waals surface area contributed by atoms with Crippen molar-refractivity contribution in [2.75, 3.05) is 0 Å². The molecule has 9 nitrogen and oxygen atoms in total. The molecule has 0 aliphatic rings. The van der Waals surface area contributed by atoms with Gasteiger partial charge >= 0.3 is 16.2 Å². The van der Waals surface area contributed by atoms with E-state index in [1.54, 1.807) is 0 Å². The molecule has 0 aliphatic carbocycles. The lowest BCUT2D eigenvalue weighted by molar-refractivity contribution is -0.391. The highest BCUT2D eigenvalue weighted by Crippen LogP contribution is 2.12. The summed E-state index contributed by atoms with van der Waals surface area (Å²) in [4.78, 5) is 13.3. The van der Waals surface area contributed by atoms with Gasteiger partial charge in [0.2, 0.25) is 5.82 Å². The molecule has 1 heterocycles. The molecule has 0 saturated carbocycles. The summed E-state index contributed by atoms with van der Waals surface area (Å²) in [6.07, 6.45) is 0.961. The van der Waals surface area contributed by atoms with Crippen molar-refractivity contribution in [3.05, 3.63) is 22.1 Å². The molecule has 0 spiro atoms.